The highest BCUT2D eigenvalue weighted by atomic mass is 16.2. The Balaban J connectivity index is 2.34. The fourth-order valence-corrected chi connectivity index (χ4v) is 1.99. The lowest BCUT2D eigenvalue weighted by atomic mass is 10.1. The Morgan fingerprint density at radius 2 is 2.13 bits per heavy atom. The van der Waals surface area contributed by atoms with Crippen LogP contribution in [-0.2, 0) is 4.79 Å². The third kappa shape index (κ3) is 3.47. The first kappa shape index (κ1) is 12.5. The predicted molar refractivity (Wildman–Crippen MR) is 61.6 cm³/mol. The number of nitrogens with zero attached hydrogens (tertiary/aromatic N) is 2. The molecule has 4 heteroatoms. The van der Waals surface area contributed by atoms with E-state index in [1.807, 2.05) is 4.90 Å². The van der Waals surface area contributed by atoms with Crippen LogP contribution < -0.4 is 5.73 Å². The zero-order valence-corrected chi connectivity index (χ0v) is 9.91. The van der Waals surface area contributed by atoms with E-state index in [2.05, 4.69) is 18.7 Å². The number of carbonyl (C=O) groups excluding carboxylic acids is 1. The second-order valence-corrected chi connectivity index (χ2v) is 4.10. The number of hydrogen-bond acceptors (Lipinski definition) is 3. The highest BCUT2D eigenvalue weighted by molar-refractivity contribution is 5.82. The van der Waals surface area contributed by atoms with Crippen LogP contribution in [0.2, 0.25) is 0 Å². The van der Waals surface area contributed by atoms with Crippen LogP contribution in [0.5, 0.6) is 0 Å². The van der Waals surface area contributed by atoms with Crippen LogP contribution in [0.15, 0.2) is 0 Å². The van der Waals surface area contributed by atoms with Crippen molar-refractivity contribution in [2.45, 2.75) is 32.7 Å². The first-order valence-electron chi connectivity index (χ1n) is 5.95. The lowest BCUT2D eigenvalue weighted by Crippen LogP contribution is -2.50. The van der Waals surface area contributed by atoms with E-state index in [0.717, 1.165) is 45.6 Å². The Labute approximate surface area is 92.4 Å². The molecule has 0 spiro atoms. The number of nitrogens with two attached hydrogens (primary N) is 1. The molecule has 0 radical (unpaired) electrons. The van der Waals surface area contributed by atoms with Crippen LogP contribution in [0, 0.1) is 0 Å². The molecule has 2 N–H and O–H groups in total. The molecule has 1 amide bonds. The van der Waals surface area contributed by atoms with Gasteiger partial charge >= 0.3 is 0 Å². The fourth-order valence-electron chi connectivity index (χ4n) is 1.99. The van der Waals surface area contributed by atoms with Gasteiger partial charge in [0.2, 0.25) is 5.91 Å². The van der Waals surface area contributed by atoms with Gasteiger partial charge in [-0.15, -0.1) is 0 Å². The van der Waals surface area contributed by atoms with Crippen LogP contribution in [0.4, 0.5) is 0 Å². The lowest BCUT2D eigenvalue weighted by molar-refractivity contribution is -0.135. The summed E-state index contributed by atoms with van der Waals surface area (Å²) in [6.45, 7) is 9.06. The Kier molecular flexibility index (Phi) is 5.05. The SMILES string of the molecule is CCN(CC)CCN1CCCC(N)C1=O. The number of rotatable bonds is 5. The second-order valence-electron chi connectivity index (χ2n) is 4.10. The van der Waals surface area contributed by atoms with Crippen molar-refractivity contribution < 1.29 is 4.79 Å². The number of piperidine rings is 1. The van der Waals surface area contributed by atoms with Gasteiger partial charge in [0.15, 0.2) is 0 Å². The summed E-state index contributed by atoms with van der Waals surface area (Å²) >= 11 is 0. The molecule has 1 aliphatic rings. The van der Waals surface area contributed by atoms with Crippen molar-refractivity contribution in [2.24, 2.45) is 5.73 Å². The number of likely N-dealkylation sites (N-methyl/N-ethyl adjacent to an activating group) is 1. The van der Waals surface area contributed by atoms with Gasteiger partial charge in [0.1, 0.15) is 0 Å². The molecule has 15 heavy (non-hydrogen) atoms. The van der Waals surface area contributed by atoms with Crippen molar-refractivity contribution >= 4 is 5.91 Å². The topological polar surface area (TPSA) is 49.6 Å². The zero-order valence-electron chi connectivity index (χ0n) is 9.91. The van der Waals surface area contributed by atoms with Crippen molar-refractivity contribution in [3.05, 3.63) is 0 Å². The molecule has 0 bridgehead atoms. The number of carbonyl (C=O) groups is 1. The average Bonchev–Trinajstić information content (AvgIpc) is 2.25. The van der Waals surface area contributed by atoms with E-state index in [-0.39, 0.29) is 11.9 Å². The molecule has 1 atom stereocenters. The summed E-state index contributed by atoms with van der Waals surface area (Å²) in [6, 6.07) is -0.254. The first-order valence-corrected chi connectivity index (χ1v) is 5.95. The van der Waals surface area contributed by atoms with Crippen molar-refractivity contribution in [2.75, 3.05) is 32.7 Å². The maximum atomic E-state index is 11.7. The Morgan fingerprint density at radius 1 is 1.47 bits per heavy atom. The summed E-state index contributed by atoms with van der Waals surface area (Å²) in [4.78, 5) is 15.9. The minimum atomic E-state index is -0.254. The van der Waals surface area contributed by atoms with E-state index in [1.165, 1.54) is 0 Å². The van der Waals surface area contributed by atoms with E-state index in [0.29, 0.717) is 0 Å². The molecule has 1 unspecified atom stereocenters. The van der Waals surface area contributed by atoms with Gasteiger partial charge < -0.3 is 15.5 Å². The van der Waals surface area contributed by atoms with Gasteiger partial charge in [-0.1, -0.05) is 13.8 Å². The van der Waals surface area contributed by atoms with Crippen LogP contribution >= 0.6 is 0 Å². The molecule has 1 fully saturated rings. The second kappa shape index (κ2) is 6.08. The van der Waals surface area contributed by atoms with E-state index >= 15 is 0 Å². The number of likely N-dealkylation sites (tertiary alicyclic amines) is 1. The van der Waals surface area contributed by atoms with E-state index in [1.54, 1.807) is 0 Å². The lowest BCUT2D eigenvalue weighted by Gasteiger charge is -2.32. The van der Waals surface area contributed by atoms with Gasteiger partial charge in [0.05, 0.1) is 6.04 Å². The summed E-state index contributed by atoms with van der Waals surface area (Å²) in [5.41, 5.74) is 5.74. The number of hydrogen-bond donors (Lipinski definition) is 1. The quantitative estimate of drug-likeness (QED) is 0.713. The maximum Gasteiger partial charge on any atom is 0.239 e. The first-order chi connectivity index (χ1) is 7.19. The van der Waals surface area contributed by atoms with Crippen molar-refractivity contribution in [1.29, 1.82) is 0 Å². The van der Waals surface area contributed by atoms with Crippen LogP contribution in [-0.4, -0.2) is 54.5 Å². The Morgan fingerprint density at radius 3 is 2.73 bits per heavy atom. The van der Waals surface area contributed by atoms with Crippen molar-refractivity contribution in [3.8, 4) is 0 Å². The summed E-state index contributed by atoms with van der Waals surface area (Å²) in [7, 11) is 0. The third-order valence-electron chi connectivity index (χ3n) is 3.15. The smallest absolute Gasteiger partial charge is 0.239 e. The Bertz CT molecular complexity index is 204. The molecule has 0 aromatic heterocycles. The number of amides is 1. The van der Waals surface area contributed by atoms with E-state index < -0.39 is 0 Å². The van der Waals surface area contributed by atoms with Gasteiger partial charge in [0, 0.05) is 19.6 Å². The summed E-state index contributed by atoms with van der Waals surface area (Å²) in [5.74, 6) is 0.133. The summed E-state index contributed by atoms with van der Waals surface area (Å²) in [6.07, 6.45) is 1.89. The van der Waals surface area contributed by atoms with Gasteiger partial charge in [-0.3, -0.25) is 4.79 Å². The summed E-state index contributed by atoms with van der Waals surface area (Å²) < 4.78 is 0. The molecule has 88 valence electrons. The summed E-state index contributed by atoms with van der Waals surface area (Å²) in [5, 5.41) is 0. The maximum absolute atomic E-state index is 11.7. The third-order valence-corrected chi connectivity index (χ3v) is 3.15. The predicted octanol–water partition coefficient (Wildman–Crippen LogP) is 0.278. The minimum absolute atomic E-state index is 0.133. The molecular formula is C11H23N3O. The van der Waals surface area contributed by atoms with E-state index in [9.17, 15) is 4.79 Å². The van der Waals surface area contributed by atoms with Crippen LogP contribution in [0.25, 0.3) is 0 Å². The molecule has 1 heterocycles. The van der Waals surface area contributed by atoms with Crippen LogP contribution in [0.1, 0.15) is 26.7 Å². The Hall–Kier alpha value is -0.610. The van der Waals surface area contributed by atoms with Gasteiger partial charge in [-0.05, 0) is 25.9 Å². The van der Waals surface area contributed by atoms with Crippen LogP contribution in [0.3, 0.4) is 0 Å². The molecular weight excluding hydrogens is 190 g/mol. The largest absolute Gasteiger partial charge is 0.340 e. The van der Waals surface area contributed by atoms with Gasteiger partial charge in [0.25, 0.3) is 0 Å². The standard InChI is InChI=1S/C11H23N3O/c1-3-13(4-2)8-9-14-7-5-6-10(12)11(14)15/h10H,3-9,12H2,1-2H3. The highest BCUT2D eigenvalue weighted by Gasteiger charge is 2.25. The monoisotopic (exact) mass is 213 g/mol. The highest BCUT2D eigenvalue weighted by Crippen LogP contribution is 2.09. The molecule has 1 rings (SSSR count). The zero-order chi connectivity index (χ0) is 11.3. The molecule has 4 nitrogen and oxygen atoms in total. The molecule has 1 aliphatic heterocycles. The van der Waals surface area contributed by atoms with Gasteiger partial charge in [-0.2, -0.15) is 0 Å². The molecule has 0 aromatic carbocycles. The molecule has 0 aromatic rings. The van der Waals surface area contributed by atoms with E-state index in [4.69, 9.17) is 5.73 Å². The van der Waals surface area contributed by atoms with Gasteiger partial charge in [-0.25, -0.2) is 0 Å². The van der Waals surface area contributed by atoms with Crippen molar-refractivity contribution in [3.63, 3.8) is 0 Å². The molecule has 0 saturated carbocycles. The minimum Gasteiger partial charge on any atom is -0.340 e. The fraction of sp³-hybridized carbons (Fsp3) is 0.909. The molecule has 0 aliphatic carbocycles. The molecule has 1 saturated heterocycles. The average molecular weight is 213 g/mol. The van der Waals surface area contributed by atoms with Crippen molar-refractivity contribution in [1.82, 2.24) is 9.80 Å². The normalized spacial score (nSPS) is 22.5.